The van der Waals surface area contributed by atoms with E-state index >= 15 is 0 Å². The summed E-state index contributed by atoms with van der Waals surface area (Å²) in [5.41, 5.74) is 7.35. The zero-order chi connectivity index (χ0) is 15.2. The van der Waals surface area contributed by atoms with Crippen molar-refractivity contribution in [3.05, 3.63) is 40.7 Å². The second-order valence-corrected chi connectivity index (χ2v) is 5.20. The molecule has 2 rings (SSSR count). The zero-order valence-electron chi connectivity index (χ0n) is 12.7. The van der Waals surface area contributed by atoms with Gasteiger partial charge in [-0.05, 0) is 18.6 Å². The molecule has 2 heterocycles. The SMILES string of the molecule is CCCCCCc1nc(-c2ccncc2)c(N)c(=O)n1C. The van der Waals surface area contributed by atoms with Crippen molar-refractivity contribution in [2.24, 2.45) is 7.05 Å². The summed E-state index contributed by atoms with van der Waals surface area (Å²) >= 11 is 0. The Morgan fingerprint density at radius 2 is 1.90 bits per heavy atom. The van der Waals surface area contributed by atoms with E-state index in [1.54, 1.807) is 24.0 Å². The molecule has 0 bridgehead atoms. The van der Waals surface area contributed by atoms with Crippen molar-refractivity contribution in [1.82, 2.24) is 14.5 Å². The van der Waals surface area contributed by atoms with E-state index in [0.29, 0.717) is 5.69 Å². The first-order chi connectivity index (χ1) is 10.1. The Morgan fingerprint density at radius 3 is 2.57 bits per heavy atom. The molecular formula is C16H22N4O. The fraction of sp³-hybridized carbons (Fsp3) is 0.438. The number of hydrogen-bond donors (Lipinski definition) is 1. The van der Waals surface area contributed by atoms with Gasteiger partial charge in [-0.25, -0.2) is 4.98 Å². The van der Waals surface area contributed by atoms with Crippen LogP contribution in [0.5, 0.6) is 0 Å². The number of nitrogens with zero attached hydrogens (tertiary/aromatic N) is 3. The van der Waals surface area contributed by atoms with Gasteiger partial charge in [-0.2, -0.15) is 0 Å². The normalized spacial score (nSPS) is 10.8. The highest BCUT2D eigenvalue weighted by molar-refractivity contribution is 5.71. The molecule has 0 unspecified atom stereocenters. The fourth-order valence-corrected chi connectivity index (χ4v) is 2.33. The van der Waals surface area contributed by atoms with Crippen LogP contribution in [0.3, 0.4) is 0 Å². The van der Waals surface area contributed by atoms with Gasteiger partial charge < -0.3 is 5.73 Å². The van der Waals surface area contributed by atoms with E-state index in [1.807, 2.05) is 12.1 Å². The quantitative estimate of drug-likeness (QED) is 0.828. The van der Waals surface area contributed by atoms with E-state index in [1.165, 1.54) is 12.8 Å². The molecule has 0 spiro atoms. The van der Waals surface area contributed by atoms with E-state index in [-0.39, 0.29) is 11.2 Å². The van der Waals surface area contributed by atoms with Gasteiger partial charge >= 0.3 is 0 Å². The largest absolute Gasteiger partial charge is 0.392 e. The molecular weight excluding hydrogens is 264 g/mol. The smallest absolute Gasteiger partial charge is 0.277 e. The minimum atomic E-state index is -0.178. The number of unbranched alkanes of at least 4 members (excludes halogenated alkanes) is 3. The van der Waals surface area contributed by atoms with Gasteiger partial charge in [0.05, 0.1) is 0 Å². The second-order valence-electron chi connectivity index (χ2n) is 5.20. The minimum absolute atomic E-state index is 0.178. The van der Waals surface area contributed by atoms with Crippen LogP contribution in [0, 0.1) is 0 Å². The summed E-state index contributed by atoms with van der Waals surface area (Å²) in [6.07, 6.45) is 8.74. The number of hydrogen-bond acceptors (Lipinski definition) is 4. The molecule has 5 nitrogen and oxygen atoms in total. The molecule has 0 aliphatic carbocycles. The van der Waals surface area contributed by atoms with E-state index in [0.717, 1.165) is 30.7 Å². The Labute approximate surface area is 124 Å². The predicted molar refractivity (Wildman–Crippen MR) is 85.0 cm³/mol. The van der Waals surface area contributed by atoms with Gasteiger partial charge in [-0.3, -0.25) is 14.3 Å². The third kappa shape index (κ3) is 3.48. The molecule has 2 N–H and O–H groups in total. The maximum Gasteiger partial charge on any atom is 0.277 e. The Hall–Kier alpha value is -2.17. The molecule has 5 heteroatoms. The first-order valence-electron chi connectivity index (χ1n) is 7.41. The number of nitrogens with two attached hydrogens (primary N) is 1. The van der Waals surface area contributed by atoms with Crippen molar-refractivity contribution in [2.45, 2.75) is 39.0 Å². The first kappa shape index (κ1) is 15.2. The number of pyridine rings is 1. The van der Waals surface area contributed by atoms with Gasteiger partial charge in [-0.1, -0.05) is 26.2 Å². The molecule has 0 radical (unpaired) electrons. The predicted octanol–water partition coefficient (Wildman–Crippen LogP) is 2.55. The van der Waals surface area contributed by atoms with Crippen LogP contribution in [0.1, 0.15) is 38.4 Å². The lowest BCUT2D eigenvalue weighted by Crippen LogP contribution is -2.26. The number of rotatable bonds is 6. The Bertz CT molecular complexity index is 649. The third-order valence-electron chi connectivity index (χ3n) is 3.63. The van der Waals surface area contributed by atoms with Crippen molar-refractivity contribution in [2.75, 3.05) is 5.73 Å². The molecule has 2 aromatic rings. The second kappa shape index (κ2) is 7.02. The number of aryl methyl sites for hydroxylation is 1. The molecule has 0 saturated carbocycles. The fourth-order valence-electron chi connectivity index (χ4n) is 2.33. The van der Waals surface area contributed by atoms with E-state index in [4.69, 9.17) is 5.73 Å². The number of aromatic nitrogens is 3. The maximum atomic E-state index is 12.3. The van der Waals surface area contributed by atoms with E-state index in [2.05, 4.69) is 16.9 Å². The van der Waals surface area contributed by atoms with Crippen molar-refractivity contribution < 1.29 is 0 Å². The monoisotopic (exact) mass is 286 g/mol. The molecule has 0 fully saturated rings. The van der Waals surface area contributed by atoms with Gasteiger partial charge in [0.25, 0.3) is 5.56 Å². The Morgan fingerprint density at radius 1 is 1.19 bits per heavy atom. The van der Waals surface area contributed by atoms with Crippen LogP contribution in [0.4, 0.5) is 5.69 Å². The summed E-state index contributed by atoms with van der Waals surface area (Å²) in [6.45, 7) is 2.18. The molecule has 112 valence electrons. The van der Waals surface area contributed by atoms with Crippen molar-refractivity contribution in [3.8, 4) is 11.3 Å². The summed E-state index contributed by atoms with van der Waals surface area (Å²) in [7, 11) is 1.73. The first-order valence-corrected chi connectivity index (χ1v) is 7.41. The highest BCUT2D eigenvalue weighted by Crippen LogP contribution is 2.20. The summed E-state index contributed by atoms with van der Waals surface area (Å²) in [5.74, 6) is 0.789. The van der Waals surface area contributed by atoms with Crippen molar-refractivity contribution in [1.29, 1.82) is 0 Å². The Kier molecular flexibility index (Phi) is 5.09. The van der Waals surface area contributed by atoms with Gasteiger partial charge in [0.15, 0.2) is 0 Å². The molecule has 0 amide bonds. The molecule has 21 heavy (non-hydrogen) atoms. The van der Waals surface area contributed by atoms with Crippen LogP contribution in [0.15, 0.2) is 29.3 Å². The lowest BCUT2D eigenvalue weighted by molar-refractivity contribution is 0.626. The topological polar surface area (TPSA) is 73.8 Å². The highest BCUT2D eigenvalue weighted by atomic mass is 16.1. The lowest BCUT2D eigenvalue weighted by atomic mass is 10.1. The highest BCUT2D eigenvalue weighted by Gasteiger charge is 2.13. The van der Waals surface area contributed by atoms with Crippen LogP contribution in [-0.4, -0.2) is 14.5 Å². The lowest BCUT2D eigenvalue weighted by Gasteiger charge is -2.12. The molecule has 0 aromatic carbocycles. The summed E-state index contributed by atoms with van der Waals surface area (Å²) in [4.78, 5) is 20.8. The Balaban J connectivity index is 2.34. The molecule has 0 aliphatic heterocycles. The van der Waals surface area contributed by atoms with Crippen LogP contribution in [0.2, 0.25) is 0 Å². The van der Waals surface area contributed by atoms with Gasteiger partial charge in [0.1, 0.15) is 17.2 Å². The maximum absolute atomic E-state index is 12.3. The van der Waals surface area contributed by atoms with Crippen LogP contribution in [0.25, 0.3) is 11.3 Å². The van der Waals surface area contributed by atoms with E-state index in [9.17, 15) is 4.79 Å². The summed E-state index contributed by atoms with van der Waals surface area (Å²) < 4.78 is 1.56. The molecule has 0 aliphatic rings. The van der Waals surface area contributed by atoms with Crippen molar-refractivity contribution >= 4 is 5.69 Å². The standard InChI is InChI=1S/C16H22N4O/c1-3-4-5-6-7-13-19-15(12-8-10-18-11-9-12)14(17)16(21)20(13)2/h8-11H,3-7,17H2,1-2H3. The minimum Gasteiger partial charge on any atom is -0.392 e. The van der Waals surface area contributed by atoms with Crippen molar-refractivity contribution in [3.63, 3.8) is 0 Å². The number of nitrogen functional groups attached to an aromatic ring is 1. The average molecular weight is 286 g/mol. The molecule has 2 aromatic heterocycles. The third-order valence-corrected chi connectivity index (χ3v) is 3.63. The number of anilines is 1. The van der Waals surface area contributed by atoms with Gasteiger partial charge in [0, 0.05) is 31.4 Å². The van der Waals surface area contributed by atoms with Crippen LogP contribution in [-0.2, 0) is 13.5 Å². The molecule has 0 atom stereocenters. The van der Waals surface area contributed by atoms with Gasteiger partial charge in [0.2, 0.25) is 0 Å². The van der Waals surface area contributed by atoms with Crippen LogP contribution < -0.4 is 11.3 Å². The zero-order valence-corrected chi connectivity index (χ0v) is 12.7. The summed E-state index contributed by atoms with van der Waals surface area (Å²) in [6, 6.07) is 3.64. The summed E-state index contributed by atoms with van der Waals surface area (Å²) in [5, 5.41) is 0. The average Bonchev–Trinajstić information content (AvgIpc) is 2.52. The molecule has 0 saturated heterocycles. The van der Waals surface area contributed by atoms with Gasteiger partial charge in [-0.15, -0.1) is 0 Å². The van der Waals surface area contributed by atoms with E-state index < -0.39 is 0 Å². The van der Waals surface area contributed by atoms with Crippen LogP contribution >= 0.6 is 0 Å².